The van der Waals surface area contributed by atoms with Crippen LogP contribution in [0.1, 0.15) is 45.5 Å². The van der Waals surface area contributed by atoms with Crippen LogP contribution in [0.25, 0.3) is 0 Å². The third-order valence-electron chi connectivity index (χ3n) is 6.76. The molecule has 1 aliphatic heterocycles. The summed E-state index contributed by atoms with van der Waals surface area (Å²) >= 11 is 1.72. The van der Waals surface area contributed by atoms with E-state index in [1.165, 1.54) is 4.88 Å². The number of hydrogen-bond acceptors (Lipinski definition) is 5. The molecule has 35 heavy (non-hydrogen) atoms. The van der Waals surface area contributed by atoms with Crippen molar-refractivity contribution in [2.24, 2.45) is 0 Å². The number of nitrogens with zero attached hydrogens (tertiary/aromatic N) is 2. The quantitative estimate of drug-likeness (QED) is 0.332. The summed E-state index contributed by atoms with van der Waals surface area (Å²) in [7, 11) is 1.61. The number of Topliss-reactive ketones (excluding diaryl/α,β-unsaturated/α-hetero) is 1. The van der Waals surface area contributed by atoms with Crippen LogP contribution >= 0.6 is 11.3 Å². The molecule has 7 nitrogen and oxygen atoms in total. The van der Waals surface area contributed by atoms with Crippen molar-refractivity contribution < 1.29 is 19.1 Å². The largest absolute Gasteiger partial charge is 0.497 e. The van der Waals surface area contributed by atoms with Crippen molar-refractivity contribution in [3.8, 4) is 5.75 Å². The number of ether oxygens (including phenoxy) is 1. The van der Waals surface area contributed by atoms with Crippen LogP contribution in [-0.2, 0) is 24.2 Å². The number of aromatic nitrogens is 1. The summed E-state index contributed by atoms with van der Waals surface area (Å²) in [4.78, 5) is 41.4. The van der Waals surface area contributed by atoms with Gasteiger partial charge in [0.2, 0.25) is 0 Å². The van der Waals surface area contributed by atoms with Gasteiger partial charge in [-0.15, -0.1) is 11.3 Å². The van der Waals surface area contributed by atoms with Gasteiger partial charge in [-0.3, -0.25) is 14.5 Å². The van der Waals surface area contributed by atoms with Crippen LogP contribution in [0, 0.1) is 13.8 Å². The molecule has 0 bridgehead atoms. The number of ketones is 1. The first kappa shape index (κ1) is 24.7. The summed E-state index contributed by atoms with van der Waals surface area (Å²) in [5.41, 5.74) is 2.40. The fourth-order valence-corrected chi connectivity index (χ4v) is 5.28. The van der Waals surface area contributed by atoms with E-state index in [-0.39, 0.29) is 18.2 Å². The molecule has 1 unspecified atom stereocenters. The molecule has 8 heteroatoms. The Morgan fingerprint density at radius 3 is 2.51 bits per heavy atom. The summed E-state index contributed by atoms with van der Waals surface area (Å²) in [5, 5.41) is 4.86. The summed E-state index contributed by atoms with van der Waals surface area (Å²) in [6, 6.07) is 13.1. The van der Waals surface area contributed by atoms with Crippen LogP contribution < -0.4 is 10.1 Å². The molecule has 1 atom stereocenters. The molecule has 3 heterocycles. The van der Waals surface area contributed by atoms with E-state index in [1.807, 2.05) is 50.2 Å². The van der Waals surface area contributed by atoms with Crippen LogP contribution in [-0.4, -0.2) is 46.4 Å². The van der Waals surface area contributed by atoms with Crippen molar-refractivity contribution in [1.29, 1.82) is 0 Å². The molecule has 184 valence electrons. The fourth-order valence-electron chi connectivity index (χ4n) is 4.58. The van der Waals surface area contributed by atoms with Crippen LogP contribution in [0.2, 0.25) is 0 Å². The van der Waals surface area contributed by atoms with Gasteiger partial charge < -0.3 is 14.6 Å². The minimum Gasteiger partial charge on any atom is -0.497 e. The minimum absolute atomic E-state index is 0.233. The Balaban J connectivity index is 1.41. The number of carbonyl (C=O) groups excluding carboxylic acids is 3. The van der Waals surface area contributed by atoms with E-state index in [0.717, 1.165) is 40.6 Å². The molecule has 0 aliphatic carbocycles. The predicted octanol–water partition coefficient (Wildman–Crippen LogP) is 4.54. The third-order valence-corrected chi connectivity index (χ3v) is 7.69. The van der Waals surface area contributed by atoms with E-state index in [2.05, 4.69) is 21.3 Å². The molecule has 0 spiro atoms. The second-order valence-corrected chi connectivity index (χ2v) is 10.2. The lowest BCUT2D eigenvalue weighted by molar-refractivity contribution is -0.130. The third kappa shape index (κ3) is 5.17. The lowest BCUT2D eigenvalue weighted by Gasteiger charge is -2.21. The van der Waals surface area contributed by atoms with Gasteiger partial charge in [0, 0.05) is 28.4 Å². The molecule has 1 fully saturated rings. The van der Waals surface area contributed by atoms with Gasteiger partial charge in [0.05, 0.1) is 13.7 Å². The first-order valence-electron chi connectivity index (χ1n) is 11.7. The first-order chi connectivity index (χ1) is 16.7. The zero-order valence-electron chi connectivity index (χ0n) is 20.6. The normalized spacial score (nSPS) is 17.7. The predicted molar refractivity (Wildman–Crippen MR) is 136 cm³/mol. The van der Waals surface area contributed by atoms with Gasteiger partial charge in [-0.05, 0) is 75.2 Å². The summed E-state index contributed by atoms with van der Waals surface area (Å²) < 4.78 is 7.31. The van der Waals surface area contributed by atoms with Crippen molar-refractivity contribution in [2.45, 2.75) is 52.1 Å². The van der Waals surface area contributed by atoms with Gasteiger partial charge >= 0.3 is 6.03 Å². The van der Waals surface area contributed by atoms with E-state index < -0.39 is 11.6 Å². The van der Waals surface area contributed by atoms with Crippen molar-refractivity contribution >= 4 is 29.1 Å². The van der Waals surface area contributed by atoms with Gasteiger partial charge in [0.15, 0.2) is 5.78 Å². The summed E-state index contributed by atoms with van der Waals surface area (Å²) in [6.45, 7) is 6.12. The highest BCUT2D eigenvalue weighted by molar-refractivity contribution is 7.09. The monoisotopic (exact) mass is 493 g/mol. The molecule has 4 rings (SSSR count). The lowest BCUT2D eigenvalue weighted by atomic mass is 9.93. The van der Waals surface area contributed by atoms with Crippen LogP contribution in [0.4, 0.5) is 4.79 Å². The molecule has 2 aromatic heterocycles. The van der Waals surface area contributed by atoms with Crippen molar-refractivity contribution in [2.75, 3.05) is 13.7 Å². The second-order valence-electron chi connectivity index (χ2n) is 9.19. The Bertz CT molecular complexity index is 1230. The van der Waals surface area contributed by atoms with Gasteiger partial charge in [0.1, 0.15) is 11.3 Å². The molecule has 1 N–H and O–H groups in total. The number of urea groups is 1. The summed E-state index contributed by atoms with van der Waals surface area (Å²) in [5.74, 6) is 0.167. The molecule has 3 aromatic rings. The number of hydrogen-bond donors (Lipinski definition) is 1. The van der Waals surface area contributed by atoms with E-state index in [4.69, 9.17) is 4.74 Å². The van der Waals surface area contributed by atoms with Gasteiger partial charge in [-0.1, -0.05) is 18.2 Å². The van der Waals surface area contributed by atoms with Gasteiger partial charge in [-0.25, -0.2) is 4.79 Å². The molecule has 0 radical (unpaired) electrons. The van der Waals surface area contributed by atoms with Crippen molar-refractivity contribution in [1.82, 2.24) is 14.8 Å². The number of rotatable bonds is 10. The molecule has 1 aliphatic rings. The Morgan fingerprint density at radius 1 is 1.11 bits per heavy atom. The molecular weight excluding hydrogens is 462 g/mol. The van der Waals surface area contributed by atoms with E-state index >= 15 is 0 Å². The SMILES string of the molecule is COc1ccc(CCC2(C)NC(=O)N(CC(=O)c3cc(C)n(CCc4cccs4)c3C)C2=O)cc1. The Morgan fingerprint density at radius 2 is 1.86 bits per heavy atom. The number of methoxy groups -OCH3 is 1. The van der Waals surface area contributed by atoms with E-state index in [0.29, 0.717) is 18.4 Å². The van der Waals surface area contributed by atoms with Gasteiger partial charge in [-0.2, -0.15) is 0 Å². The highest BCUT2D eigenvalue weighted by Crippen LogP contribution is 2.25. The van der Waals surface area contributed by atoms with Crippen molar-refractivity contribution in [3.63, 3.8) is 0 Å². The Labute approximate surface area is 209 Å². The molecule has 3 amide bonds. The molecule has 1 aromatic carbocycles. The van der Waals surface area contributed by atoms with Crippen LogP contribution in [0.5, 0.6) is 5.75 Å². The maximum absolute atomic E-state index is 13.2. The standard InChI is InChI=1S/C27H31N3O4S/c1-18-16-23(19(2)29(18)14-12-22-6-5-15-35-22)24(31)17-30-25(32)27(3,28-26(30)33)13-11-20-7-9-21(34-4)10-8-20/h5-10,15-16H,11-14,17H2,1-4H3,(H,28,33). The maximum atomic E-state index is 13.2. The number of amides is 3. The number of aryl methyl sites for hydroxylation is 3. The number of thiophene rings is 1. The minimum atomic E-state index is -1.05. The second kappa shape index (κ2) is 10.1. The average Bonchev–Trinajstić information content (AvgIpc) is 3.52. The fraction of sp³-hybridized carbons (Fsp3) is 0.370. The maximum Gasteiger partial charge on any atom is 0.325 e. The first-order valence-corrected chi connectivity index (χ1v) is 12.6. The molecule has 1 saturated heterocycles. The average molecular weight is 494 g/mol. The van der Waals surface area contributed by atoms with Crippen molar-refractivity contribution in [3.05, 3.63) is 75.2 Å². The summed E-state index contributed by atoms with van der Waals surface area (Å²) in [6.07, 6.45) is 1.94. The number of benzene rings is 1. The van der Waals surface area contributed by atoms with Crippen LogP contribution in [0.3, 0.4) is 0 Å². The number of imide groups is 1. The topological polar surface area (TPSA) is 80.6 Å². The smallest absolute Gasteiger partial charge is 0.325 e. The van der Waals surface area contributed by atoms with E-state index in [1.54, 1.807) is 25.4 Å². The highest BCUT2D eigenvalue weighted by Gasteiger charge is 2.48. The number of nitrogens with one attached hydrogen (secondary N) is 1. The highest BCUT2D eigenvalue weighted by atomic mass is 32.1. The zero-order valence-corrected chi connectivity index (χ0v) is 21.4. The van der Waals surface area contributed by atoms with E-state index in [9.17, 15) is 14.4 Å². The Kier molecular flexibility index (Phi) is 7.12. The number of carbonyl (C=O) groups is 3. The molecule has 0 saturated carbocycles. The Hall–Kier alpha value is -3.39. The van der Waals surface area contributed by atoms with Gasteiger partial charge in [0.25, 0.3) is 5.91 Å². The lowest BCUT2D eigenvalue weighted by Crippen LogP contribution is -2.44. The van der Waals surface area contributed by atoms with Crippen LogP contribution in [0.15, 0.2) is 47.8 Å². The zero-order chi connectivity index (χ0) is 25.2. The molecular formula is C27H31N3O4S.